The molecule has 0 aliphatic heterocycles. The third-order valence-electron chi connectivity index (χ3n) is 3.54. The molecule has 4 heteroatoms. The SMILES string of the molecule is CN(C)Cc1cccc(NC(=O)C2CCC(N)C2)c1. The topological polar surface area (TPSA) is 58.4 Å². The van der Waals surface area contributed by atoms with E-state index >= 15 is 0 Å². The summed E-state index contributed by atoms with van der Waals surface area (Å²) >= 11 is 0. The van der Waals surface area contributed by atoms with Crippen molar-refractivity contribution in [1.29, 1.82) is 0 Å². The van der Waals surface area contributed by atoms with Gasteiger partial charge in [0.25, 0.3) is 0 Å². The van der Waals surface area contributed by atoms with Gasteiger partial charge < -0.3 is 16.0 Å². The van der Waals surface area contributed by atoms with E-state index in [1.807, 2.05) is 32.3 Å². The monoisotopic (exact) mass is 261 g/mol. The summed E-state index contributed by atoms with van der Waals surface area (Å²) in [4.78, 5) is 14.2. The quantitative estimate of drug-likeness (QED) is 0.869. The number of nitrogens with one attached hydrogen (secondary N) is 1. The highest BCUT2D eigenvalue weighted by Crippen LogP contribution is 2.25. The fraction of sp³-hybridized carbons (Fsp3) is 0.533. The largest absolute Gasteiger partial charge is 0.328 e. The van der Waals surface area contributed by atoms with Crippen LogP contribution in [0.25, 0.3) is 0 Å². The van der Waals surface area contributed by atoms with Crippen LogP contribution in [0.15, 0.2) is 24.3 Å². The molecule has 0 radical (unpaired) electrons. The predicted molar refractivity (Wildman–Crippen MR) is 77.8 cm³/mol. The molecular formula is C15H23N3O. The molecule has 3 N–H and O–H groups in total. The number of rotatable bonds is 4. The van der Waals surface area contributed by atoms with Crippen molar-refractivity contribution in [1.82, 2.24) is 4.90 Å². The zero-order valence-electron chi connectivity index (χ0n) is 11.7. The van der Waals surface area contributed by atoms with E-state index < -0.39 is 0 Å². The number of carbonyl (C=O) groups excluding carboxylic acids is 1. The Labute approximate surface area is 115 Å². The molecule has 1 aliphatic rings. The molecule has 1 aromatic carbocycles. The number of nitrogens with two attached hydrogens (primary N) is 1. The van der Waals surface area contributed by atoms with Crippen molar-refractivity contribution in [2.45, 2.75) is 31.8 Å². The number of carbonyl (C=O) groups is 1. The Hall–Kier alpha value is -1.39. The first-order valence-electron chi connectivity index (χ1n) is 6.84. The molecule has 104 valence electrons. The molecule has 1 aromatic rings. The van der Waals surface area contributed by atoms with Gasteiger partial charge in [-0.15, -0.1) is 0 Å². The van der Waals surface area contributed by atoms with E-state index in [1.165, 1.54) is 5.56 Å². The van der Waals surface area contributed by atoms with Gasteiger partial charge in [0.05, 0.1) is 0 Å². The minimum Gasteiger partial charge on any atom is -0.328 e. The summed E-state index contributed by atoms with van der Waals surface area (Å²) in [6.45, 7) is 0.873. The van der Waals surface area contributed by atoms with Crippen LogP contribution >= 0.6 is 0 Å². The molecule has 1 fully saturated rings. The van der Waals surface area contributed by atoms with Crippen molar-refractivity contribution in [3.8, 4) is 0 Å². The second-order valence-electron chi connectivity index (χ2n) is 5.70. The molecule has 0 bridgehead atoms. The number of benzene rings is 1. The van der Waals surface area contributed by atoms with E-state index in [4.69, 9.17) is 5.73 Å². The molecule has 2 unspecified atom stereocenters. The van der Waals surface area contributed by atoms with E-state index in [0.717, 1.165) is 31.5 Å². The minimum absolute atomic E-state index is 0.0764. The van der Waals surface area contributed by atoms with Crippen molar-refractivity contribution < 1.29 is 4.79 Å². The molecule has 1 aliphatic carbocycles. The standard InChI is InChI=1S/C15H23N3O/c1-18(2)10-11-4-3-5-14(8-11)17-15(19)12-6-7-13(16)9-12/h3-5,8,12-13H,6-7,9-10,16H2,1-2H3,(H,17,19). The van der Waals surface area contributed by atoms with E-state index in [0.29, 0.717) is 0 Å². The van der Waals surface area contributed by atoms with Crippen LogP contribution < -0.4 is 11.1 Å². The van der Waals surface area contributed by atoms with Crippen LogP contribution in [-0.4, -0.2) is 30.9 Å². The van der Waals surface area contributed by atoms with Gasteiger partial charge in [-0.3, -0.25) is 4.79 Å². The molecule has 2 atom stereocenters. The maximum atomic E-state index is 12.1. The van der Waals surface area contributed by atoms with Crippen molar-refractivity contribution in [3.63, 3.8) is 0 Å². The van der Waals surface area contributed by atoms with Gasteiger partial charge >= 0.3 is 0 Å². The average Bonchev–Trinajstić information content (AvgIpc) is 2.75. The third-order valence-corrected chi connectivity index (χ3v) is 3.54. The van der Waals surface area contributed by atoms with Crippen LogP contribution in [0.4, 0.5) is 5.69 Å². The smallest absolute Gasteiger partial charge is 0.227 e. The van der Waals surface area contributed by atoms with Gasteiger partial charge in [0.2, 0.25) is 5.91 Å². The molecule has 2 rings (SSSR count). The Morgan fingerprint density at radius 1 is 1.42 bits per heavy atom. The second-order valence-corrected chi connectivity index (χ2v) is 5.70. The highest BCUT2D eigenvalue weighted by molar-refractivity contribution is 5.92. The average molecular weight is 261 g/mol. The minimum atomic E-state index is 0.0764. The van der Waals surface area contributed by atoms with Crippen LogP contribution in [0.2, 0.25) is 0 Å². The summed E-state index contributed by atoms with van der Waals surface area (Å²) in [5.41, 5.74) is 7.93. The molecule has 19 heavy (non-hydrogen) atoms. The number of anilines is 1. The maximum Gasteiger partial charge on any atom is 0.227 e. The fourth-order valence-corrected chi connectivity index (χ4v) is 2.61. The number of hydrogen-bond acceptors (Lipinski definition) is 3. The van der Waals surface area contributed by atoms with Crippen molar-refractivity contribution >= 4 is 11.6 Å². The van der Waals surface area contributed by atoms with Crippen molar-refractivity contribution in [2.24, 2.45) is 11.7 Å². The molecule has 1 amide bonds. The predicted octanol–water partition coefficient (Wildman–Crippen LogP) is 1.81. The first-order valence-corrected chi connectivity index (χ1v) is 6.84. The summed E-state index contributed by atoms with van der Waals surface area (Å²) in [5.74, 6) is 0.183. The van der Waals surface area contributed by atoms with Crippen LogP contribution in [0.1, 0.15) is 24.8 Å². The van der Waals surface area contributed by atoms with Gasteiger partial charge in [-0.1, -0.05) is 12.1 Å². The van der Waals surface area contributed by atoms with Gasteiger partial charge in [-0.05, 0) is 51.1 Å². The lowest BCUT2D eigenvalue weighted by molar-refractivity contribution is -0.119. The van der Waals surface area contributed by atoms with Crippen molar-refractivity contribution in [2.75, 3.05) is 19.4 Å². The van der Waals surface area contributed by atoms with E-state index in [1.54, 1.807) is 0 Å². The Balaban J connectivity index is 1.96. The van der Waals surface area contributed by atoms with Crippen molar-refractivity contribution in [3.05, 3.63) is 29.8 Å². The summed E-state index contributed by atoms with van der Waals surface area (Å²) in [5, 5.41) is 3.01. The molecule has 1 saturated carbocycles. The molecule has 0 aromatic heterocycles. The molecule has 0 heterocycles. The highest BCUT2D eigenvalue weighted by Gasteiger charge is 2.27. The molecule has 0 saturated heterocycles. The summed E-state index contributed by atoms with van der Waals surface area (Å²) in [6.07, 6.45) is 2.67. The number of amides is 1. The zero-order chi connectivity index (χ0) is 13.8. The van der Waals surface area contributed by atoms with E-state index in [2.05, 4.69) is 16.3 Å². The van der Waals surface area contributed by atoms with Crippen LogP contribution in [0, 0.1) is 5.92 Å². The normalized spacial score (nSPS) is 22.7. The lowest BCUT2D eigenvalue weighted by atomic mass is 10.1. The Kier molecular flexibility index (Phi) is 4.56. The van der Waals surface area contributed by atoms with Crippen LogP contribution in [0.5, 0.6) is 0 Å². The zero-order valence-corrected chi connectivity index (χ0v) is 11.7. The third kappa shape index (κ3) is 4.04. The Morgan fingerprint density at radius 2 is 2.21 bits per heavy atom. The van der Waals surface area contributed by atoms with E-state index in [-0.39, 0.29) is 17.9 Å². The van der Waals surface area contributed by atoms with E-state index in [9.17, 15) is 4.79 Å². The molecule has 4 nitrogen and oxygen atoms in total. The number of nitrogens with zero attached hydrogens (tertiary/aromatic N) is 1. The molecule has 0 spiro atoms. The maximum absolute atomic E-state index is 12.1. The van der Waals surface area contributed by atoms with Gasteiger partial charge in [-0.2, -0.15) is 0 Å². The molecular weight excluding hydrogens is 238 g/mol. The number of hydrogen-bond donors (Lipinski definition) is 2. The summed E-state index contributed by atoms with van der Waals surface area (Å²) in [7, 11) is 4.07. The Bertz CT molecular complexity index is 445. The van der Waals surface area contributed by atoms with Gasteiger partial charge in [0.1, 0.15) is 0 Å². The second kappa shape index (κ2) is 6.17. The lowest BCUT2D eigenvalue weighted by Gasteiger charge is -2.13. The van der Waals surface area contributed by atoms with Gasteiger partial charge in [0.15, 0.2) is 0 Å². The van der Waals surface area contributed by atoms with Crippen LogP contribution in [-0.2, 0) is 11.3 Å². The Morgan fingerprint density at radius 3 is 2.84 bits per heavy atom. The van der Waals surface area contributed by atoms with Gasteiger partial charge in [-0.25, -0.2) is 0 Å². The fourth-order valence-electron chi connectivity index (χ4n) is 2.61. The first-order chi connectivity index (χ1) is 9.04. The lowest BCUT2D eigenvalue weighted by Crippen LogP contribution is -2.23. The summed E-state index contributed by atoms with van der Waals surface area (Å²) in [6, 6.07) is 8.21. The summed E-state index contributed by atoms with van der Waals surface area (Å²) < 4.78 is 0. The first kappa shape index (κ1) is 14.0. The highest BCUT2D eigenvalue weighted by atomic mass is 16.1. The van der Waals surface area contributed by atoms with Crippen LogP contribution in [0.3, 0.4) is 0 Å². The van der Waals surface area contributed by atoms with Gasteiger partial charge in [0, 0.05) is 24.2 Å².